The maximum atomic E-state index is 5.48. The van der Waals surface area contributed by atoms with Crippen molar-refractivity contribution < 1.29 is 14.2 Å². The van der Waals surface area contributed by atoms with Gasteiger partial charge in [-0.3, -0.25) is 4.90 Å². The second kappa shape index (κ2) is 7.81. The summed E-state index contributed by atoms with van der Waals surface area (Å²) in [5.74, 6) is 0.964. The van der Waals surface area contributed by atoms with Gasteiger partial charge in [0.1, 0.15) is 5.75 Å². The number of para-hydroxylation sites is 2. The maximum Gasteiger partial charge on any atom is 0.157 e. The van der Waals surface area contributed by atoms with Gasteiger partial charge in [-0.2, -0.15) is 0 Å². The van der Waals surface area contributed by atoms with Crippen molar-refractivity contribution in [3.8, 4) is 5.75 Å². The standard InChI is InChI=1S/C17H26N2O3/c1-20-16-6-3-2-5-15(16)19-11-9-18(10-12-19)8-4-7-17-21-13-14-22-17/h2-3,5-6,17H,4,7-14H2,1H3. The van der Waals surface area contributed by atoms with Crippen molar-refractivity contribution in [3.05, 3.63) is 24.3 Å². The number of ether oxygens (including phenoxy) is 3. The Morgan fingerprint density at radius 3 is 2.55 bits per heavy atom. The maximum absolute atomic E-state index is 5.48. The van der Waals surface area contributed by atoms with Crippen LogP contribution in [0.3, 0.4) is 0 Å². The fourth-order valence-corrected chi connectivity index (χ4v) is 3.16. The Kier molecular flexibility index (Phi) is 5.53. The fraction of sp³-hybridized carbons (Fsp3) is 0.647. The fourth-order valence-electron chi connectivity index (χ4n) is 3.16. The number of hydrogen-bond donors (Lipinski definition) is 0. The van der Waals surface area contributed by atoms with Crippen LogP contribution in [-0.4, -0.2) is 64.2 Å². The highest BCUT2D eigenvalue weighted by atomic mass is 16.7. The number of anilines is 1. The van der Waals surface area contributed by atoms with Crippen molar-refractivity contribution in [2.24, 2.45) is 0 Å². The number of piperazine rings is 1. The Bertz CT molecular complexity index is 455. The van der Waals surface area contributed by atoms with E-state index in [9.17, 15) is 0 Å². The van der Waals surface area contributed by atoms with Crippen LogP contribution in [0.15, 0.2) is 24.3 Å². The third-order valence-corrected chi connectivity index (χ3v) is 4.40. The van der Waals surface area contributed by atoms with Crippen LogP contribution in [0.25, 0.3) is 0 Å². The zero-order chi connectivity index (χ0) is 15.2. The van der Waals surface area contributed by atoms with Crippen molar-refractivity contribution in [1.29, 1.82) is 0 Å². The van der Waals surface area contributed by atoms with E-state index in [2.05, 4.69) is 21.9 Å². The van der Waals surface area contributed by atoms with Crippen LogP contribution in [0.1, 0.15) is 12.8 Å². The molecule has 2 aliphatic heterocycles. The van der Waals surface area contributed by atoms with Gasteiger partial charge >= 0.3 is 0 Å². The minimum Gasteiger partial charge on any atom is -0.495 e. The zero-order valence-corrected chi connectivity index (χ0v) is 13.4. The van der Waals surface area contributed by atoms with Crippen LogP contribution < -0.4 is 9.64 Å². The monoisotopic (exact) mass is 306 g/mol. The molecule has 2 heterocycles. The molecule has 0 aliphatic carbocycles. The average Bonchev–Trinajstić information content (AvgIpc) is 3.09. The predicted molar refractivity (Wildman–Crippen MR) is 86.6 cm³/mol. The van der Waals surface area contributed by atoms with Crippen LogP contribution in [0.2, 0.25) is 0 Å². The lowest BCUT2D eigenvalue weighted by atomic mass is 10.2. The summed E-state index contributed by atoms with van der Waals surface area (Å²) in [6, 6.07) is 8.27. The molecule has 0 bridgehead atoms. The summed E-state index contributed by atoms with van der Waals surface area (Å²) in [6.45, 7) is 6.94. The summed E-state index contributed by atoms with van der Waals surface area (Å²) in [4.78, 5) is 4.94. The second-order valence-corrected chi connectivity index (χ2v) is 5.81. The third kappa shape index (κ3) is 3.91. The SMILES string of the molecule is COc1ccccc1N1CCN(CCCC2OCCO2)CC1. The van der Waals surface area contributed by atoms with Gasteiger partial charge < -0.3 is 19.1 Å². The van der Waals surface area contributed by atoms with Gasteiger partial charge in [-0.1, -0.05) is 12.1 Å². The Labute approximate surface area is 132 Å². The molecule has 1 aromatic rings. The first-order valence-electron chi connectivity index (χ1n) is 8.20. The van der Waals surface area contributed by atoms with Gasteiger partial charge in [0, 0.05) is 26.2 Å². The molecule has 0 N–H and O–H groups in total. The van der Waals surface area contributed by atoms with Crippen molar-refractivity contribution >= 4 is 5.69 Å². The predicted octanol–water partition coefficient (Wildman–Crippen LogP) is 1.97. The Balaban J connectivity index is 1.42. The highest BCUT2D eigenvalue weighted by Gasteiger charge is 2.20. The molecule has 3 rings (SSSR count). The lowest BCUT2D eigenvalue weighted by Gasteiger charge is -2.36. The van der Waals surface area contributed by atoms with E-state index in [1.807, 2.05) is 12.1 Å². The van der Waals surface area contributed by atoms with Crippen LogP contribution in [0.4, 0.5) is 5.69 Å². The second-order valence-electron chi connectivity index (χ2n) is 5.81. The van der Waals surface area contributed by atoms with Crippen LogP contribution >= 0.6 is 0 Å². The van der Waals surface area contributed by atoms with Gasteiger partial charge in [-0.05, 0) is 31.5 Å². The molecule has 1 aromatic carbocycles. The van der Waals surface area contributed by atoms with Crippen molar-refractivity contribution in [2.75, 3.05) is 57.9 Å². The summed E-state index contributed by atoms with van der Waals surface area (Å²) in [5, 5.41) is 0. The average molecular weight is 306 g/mol. The van der Waals surface area contributed by atoms with Gasteiger partial charge in [-0.15, -0.1) is 0 Å². The molecule has 0 spiro atoms. The first kappa shape index (κ1) is 15.6. The number of rotatable bonds is 6. The van der Waals surface area contributed by atoms with E-state index in [0.717, 1.165) is 64.5 Å². The topological polar surface area (TPSA) is 34.2 Å². The number of benzene rings is 1. The van der Waals surface area contributed by atoms with Crippen molar-refractivity contribution in [2.45, 2.75) is 19.1 Å². The molecule has 2 saturated heterocycles. The summed E-state index contributed by atoms with van der Waals surface area (Å²) >= 11 is 0. The van der Waals surface area contributed by atoms with Gasteiger partial charge in [0.2, 0.25) is 0 Å². The van der Waals surface area contributed by atoms with Crippen LogP contribution in [0.5, 0.6) is 5.75 Å². The summed E-state index contributed by atoms with van der Waals surface area (Å²) in [7, 11) is 1.74. The van der Waals surface area contributed by atoms with Crippen LogP contribution in [-0.2, 0) is 9.47 Å². The Morgan fingerprint density at radius 2 is 1.82 bits per heavy atom. The molecule has 0 atom stereocenters. The normalized spacial score (nSPS) is 20.5. The minimum absolute atomic E-state index is 0.0369. The third-order valence-electron chi connectivity index (χ3n) is 4.40. The first-order chi connectivity index (χ1) is 10.9. The Morgan fingerprint density at radius 1 is 1.09 bits per heavy atom. The first-order valence-corrected chi connectivity index (χ1v) is 8.20. The quantitative estimate of drug-likeness (QED) is 0.803. The molecule has 0 amide bonds. The van der Waals surface area contributed by atoms with Gasteiger partial charge in [0.25, 0.3) is 0 Å². The smallest absolute Gasteiger partial charge is 0.157 e. The molecular formula is C17H26N2O3. The molecule has 22 heavy (non-hydrogen) atoms. The van der Waals surface area contributed by atoms with E-state index in [-0.39, 0.29) is 6.29 Å². The molecule has 0 radical (unpaired) electrons. The molecular weight excluding hydrogens is 280 g/mol. The summed E-state index contributed by atoms with van der Waals surface area (Å²) in [6.07, 6.45) is 2.18. The number of methoxy groups -OCH3 is 1. The highest BCUT2D eigenvalue weighted by molar-refractivity contribution is 5.58. The van der Waals surface area contributed by atoms with E-state index in [4.69, 9.17) is 14.2 Å². The molecule has 0 unspecified atom stereocenters. The Hall–Kier alpha value is -1.30. The lowest BCUT2D eigenvalue weighted by molar-refractivity contribution is -0.0488. The summed E-state index contributed by atoms with van der Waals surface area (Å²) in [5.41, 5.74) is 1.21. The summed E-state index contributed by atoms with van der Waals surface area (Å²) < 4.78 is 16.4. The van der Waals surface area contributed by atoms with Gasteiger partial charge in [0.15, 0.2) is 6.29 Å². The zero-order valence-electron chi connectivity index (χ0n) is 13.4. The van der Waals surface area contributed by atoms with Crippen molar-refractivity contribution in [3.63, 3.8) is 0 Å². The van der Waals surface area contributed by atoms with E-state index in [1.165, 1.54) is 5.69 Å². The van der Waals surface area contributed by atoms with E-state index < -0.39 is 0 Å². The molecule has 122 valence electrons. The van der Waals surface area contributed by atoms with Crippen molar-refractivity contribution in [1.82, 2.24) is 4.90 Å². The lowest BCUT2D eigenvalue weighted by Crippen LogP contribution is -2.46. The molecule has 0 aromatic heterocycles. The largest absolute Gasteiger partial charge is 0.495 e. The highest BCUT2D eigenvalue weighted by Crippen LogP contribution is 2.28. The van der Waals surface area contributed by atoms with Gasteiger partial charge in [0.05, 0.1) is 26.0 Å². The molecule has 2 fully saturated rings. The minimum atomic E-state index is 0.0369. The van der Waals surface area contributed by atoms with Crippen LogP contribution in [0, 0.1) is 0 Å². The number of hydrogen-bond acceptors (Lipinski definition) is 5. The van der Waals surface area contributed by atoms with Gasteiger partial charge in [-0.25, -0.2) is 0 Å². The molecule has 5 heteroatoms. The van der Waals surface area contributed by atoms with E-state index in [1.54, 1.807) is 7.11 Å². The molecule has 2 aliphatic rings. The number of nitrogens with zero attached hydrogens (tertiary/aromatic N) is 2. The van der Waals surface area contributed by atoms with E-state index >= 15 is 0 Å². The van der Waals surface area contributed by atoms with E-state index in [0.29, 0.717) is 0 Å². The molecule has 5 nitrogen and oxygen atoms in total. The molecule has 0 saturated carbocycles.